The highest BCUT2D eigenvalue weighted by atomic mass is 16.1. The van der Waals surface area contributed by atoms with Crippen LogP contribution in [0.3, 0.4) is 0 Å². The van der Waals surface area contributed by atoms with Gasteiger partial charge in [0.05, 0.1) is 0 Å². The molecular formula is C17H26O. The molecule has 1 rings (SSSR count). The molecule has 0 aliphatic heterocycles. The number of hydrogen-bond donors (Lipinski definition) is 0. The van der Waals surface area contributed by atoms with Gasteiger partial charge in [0, 0.05) is 12.0 Å². The summed E-state index contributed by atoms with van der Waals surface area (Å²) >= 11 is 0. The highest BCUT2D eigenvalue weighted by molar-refractivity contribution is 5.97. The summed E-state index contributed by atoms with van der Waals surface area (Å²) < 4.78 is 0. The largest absolute Gasteiger partial charge is 0.294 e. The van der Waals surface area contributed by atoms with Gasteiger partial charge < -0.3 is 0 Å². The molecule has 1 heteroatoms. The van der Waals surface area contributed by atoms with Gasteiger partial charge in [-0.15, -0.1) is 0 Å². The third-order valence-corrected chi connectivity index (χ3v) is 3.32. The van der Waals surface area contributed by atoms with Crippen LogP contribution in [0.4, 0.5) is 0 Å². The Morgan fingerprint density at radius 1 is 1.00 bits per heavy atom. The zero-order chi connectivity index (χ0) is 14.1. The molecule has 0 amide bonds. The van der Waals surface area contributed by atoms with Crippen LogP contribution in [0.5, 0.6) is 0 Å². The standard InChI is InChI=1S/C17H26O/c1-8-15(18)13-10-9-12(16(2,3)4)11-14(13)17(5,6)7/h9-11H,8H2,1-7H3. The lowest BCUT2D eigenvalue weighted by atomic mass is 9.77. The maximum absolute atomic E-state index is 12.0. The summed E-state index contributed by atoms with van der Waals surface area (Å²) in [6, 6.07) is 6.31. The molecule has 18 heavy (non-hydrogen) atoms. The van der Waals surface area contributed by atoms with Crippen molar-refractivity contribution in [1.82, 2.24) is 0 Å². The quantitative estimate of drug-likeness (QED) is 0.680. The number of carbonyl (C=O) groups excluding carboxylic acids is 1. The van der Waals surface area contributed by atoms with Gasteiger partial charge in [0.2, 0.25) is 0 Å². The van der Waals surface area contributed by atoms with Crippen molar-refractivity contribution in [2.24, 2.45) is 0 Å². The highest BCUT2D eigenvalue weighted by Crippen LogP contribution is 2.31. The Labute approximate surface area is 112 Å². The monoisotopic (exact) mass is 246 g/mol. The van der Waals surface area contributed by atoms with Gasteiger partial charge in [0.15, 0.2) is 5.78 Å². The molecule has 0 aliphatic rings. The number of hydrogen-bond acceptors (Lipinski definition) is 1. The van der Waals surface area contributed by atoms with Crippen LogP contribution in [0.2, 0.25) is 0 Å². The maximum Gasteiger partial charge on any atom is 0.162 e. The Balaban J connectivity index is 3.44. The summed E-state index contributed by atoms with van der Waals surface area (Å²) in [5.41, 5.74) is 3.47. The van der Waals surface area contributed by atoms with E-state index in [0.717, 1.165) is 5.56 Å². The lowest BCUT2D eigenvalue weighted by molar-refractivity contribution is 0.0986. The Hall–Kier alpha value is -1.11. The average Bonchev–Trinajstić information content (AvgIpc) is 2.24. The van der Waals surface area contributed by atoms with E-state index in [2.05, 4.69) is 53.7 Å². The van der Waals surface area contributed by atoms with Gasteiger partial charge in [0.25, 0.3) is 0 Å². The molecule has 0 radical (unpaired) electrons. The summed E-state index contributed by atoms with van der Waals surface area (Å²) in [4.78, 5) is 12.0. The maximum atomic E-state index is 12.0. The Kier molecular flexibility index (Phi) is 4.05. The second-order valence-electron chi connectivity index (χ2n) is 7.04. The summed E-state index contributed by atoms with van der Waals surface area (Å²) in [7, 11) is 0. The zero-order valence-corrected chi connectivity index (χ0v) is 12.8. The fourth-order valence-electron chi connectivity index (χ4n) is 2.06. The first kappa shape index (κ1) is 14.9. The molecule has 100 valence electrons. The fraction of sp³-hybridized carbons (Fsp3) is 0.588. The molecule has 0 saturated carbocycles. The molecular weight excluding hydrogens is 220 g/mol. The van der Waals surface area contributed by atoms with Gasteiger partial charge in [-0.1, -0.05) is 66.7 Å². The Morgan fingerprint density at radius 2 is 1.56 bits per heavy atom. The highest BCUT2D eigenvalue weighted by Gasteiger charge is 2.24. The van der Waals surface area contributed by atoms with Crippen LogP contribution in [0.25, 0.3) is 0 Å². The number of carbonyl (C=O) groups is 1. The van der Waals surface area contributed by atoms with E-state index in [1.807, 2.05) is 13.0 Å². The molecule has 0 bridgehead atoms. The average molecular weight is 246 g/mol. The molecule has 1 aromatic rings. The van der Waals surface area contributed by atoms with Gasteiger partial charge >= 0.3 is 0 Å². The second-order valence-corrected chi connectivity index (χ2v) is 7.04. The smallest absolute Gasteiger partial charge is 0.162 e. The fourth-order valence-corrected chi connectivity index (χ4v) is 2.06. The van der Waals surface area contributed by atoms with Crippen molar-refractivity contribution in [3.8, 4) is 0 Å². The van der Waals surface area contributed by atoms with E-state index in [1.54, 1.807) is 0 Å². The molecule has 0 aromatic heterocycles. The van der Waals surface area contributed by atoms with Gasteiger partial charge in [-0.3, -0.25) is 4.79 Å². The minimum atomic E-state index is 0.00141. The second kappa shape index (κ2) is 4.87. The first-order valence-corrected chi connectivity index (χ1v) is 6.75. The Bertz CT molecular complexity index is 442. The first-order valence-electron chi connectivity index (χ1n) is 6.75. The van der Waals surface area contributed by atoms with Crippen molar-refractivity contribution < 1.29 is 4.79 Å². The van der Waals surface area contributed by atoms with Crippen LogP contribution in [-0.4, -0.2) is 5.78 Å². The number of benzene rings is 1. The molecule has 0 atom stereocenters. The lowest BCUT2D eigenvalue weighted by Gasteiger charge is -2.27. The summed E-state index contributed by atoms with van der Waals surface area (Å²) in [5, 5.41) is 0. The molecule has 0 fully saturated rings. The van der Waals surface area contributed by atoms with Crippen molar-refractivity contribution in [3.63, 3.8) is 0 Å². The van der Waals surface area contributed by atoms with Crippen LogP contribution >= 0.6 is 0 Å². The van der Waals surface area contributed by atoms with E-state index in [-0.39, 0.29) is 16.6 Å². The third-order valence-electron chi connectivity index (χ3n) is 3.32. The topological polar surface area (TPSA) is 17.1 Å². The van der Waals surface area contributed by atoms with Crippen molar-refractivity contribution in [3.05, 3.63) is 34.9 Å². The summed E-state index contributed by atoms with van der Waals surface area (Å²) in [6.07, 6.45) is 0.567. The van der Waals surface area contributed by atoms with Crippen LogP contribution in [0.15, 0.2) is 18.2 Å². The predicted octanol–water partition coefficient (Wildman–Crippen LogP) is 4.87. The number of ketones is 1. The molecule has 0 spiro atoms. The van der Waals surface area contributed by atoms with E-state index in [0.29, 0.717) is 6.42 Å². The predicted molar refractivity (Wildman–Crippen MR) is 78.5 cm³/mol. The molecule has 0 aliphatic carbocycles. The van der Waals surface area contributed by atoms with Crippen molar-refractivity contribution in [2.75, 3.05) is 0 Å². The van der Waals surface area contributed by atoms with Crippen molar-refractivity contribution >= 4 is 5.78 Å². The van der Waals surface area contributed by atoms with Crippen LogP contribution in [-0.2, 0) is 10.8 Å². The summed E-state index contributed by atoms with van der Waals surface area (Å²) in [5.74, 6) is 0.236. The van der Waals surface area contributed by atoms with Crippen LogP contribution in [0, 0.1) is 0 Å². The third kappa shape index (κ3) is 3.22. The van der Waals surface area contributed by atoms with E-state index in [4.69, 9.17) is 0 Å². The van der Waals surface area contributed by atoms with Gasteiger partial charge in [-0.25, -0.2) is 0 Å². The van der Waals surface area contributed by atoms with Crippen molar-refractivity contribution in [1.29, 1.82) is 0 Å². The van der Waals surface area contributed by atoms with Crippen molar-refractivity contribution in [2.45, 2.75) is 65.7 Å². The molecule has 1 aromatic carbocycles. The Morgan fingerprint density at radius 3 is 1.94 bits per heavy atom. The van der Waals surface area contributed by atoms with E-state index >= 15 is 0 Å². The normalized spacial score (nSPS) is 12.6. The van der Waals surface area contributed by atoms with Crippen LogP contribution in [0.1, 0.15) is 76.4 Å². The molecule has 0 unspecified atom stereocenters. The summed E-state index contributed by atoms with van der Waals surface area (Å²) in [6.45, 7) is 15.0. The minimum Gasteiger partial charge on any atom is -0.294 e. The molecule has 1 nitrogen and oxygen atoms in total. The minimum absolute atomic E-state index is 0.00141. The number of Topliss-reactive ketones (excluding diaryl/α,β-unsaturated/α-hetero) is 1. The van der Waals surface area contributed by atoms with E-state index in [9.17, 15) is 4.79 Å². The van der Waals surface area contributed by atoms with Crippen LogP contribution < -0.4 is 0 Å². The van der Waals surface area contributed by atoms with E-state index in [1.165, 1.54) is 11.1 Å². The SMILES string of the molecule is CCC(=O)c1ccc(C(C)(C)C)cc1C(C)(C)C. The van der Waals surface area contributed by atoms with Gasteiger partial charge in [-0.2, -0.15) is 0 Å². The molecule has 0 saturated heterocycles. The number of rotatable bonds is 2. The first-order chi connectivity index (χ1) is 8.07. The van der Waals surface area contributed by atoms with E-state index < -0.39 is 0 Å². The molecule has 0 N–H and O–H groups in total. The lowest BCUT2D eigenvalue weighted by Crippen LogP contribution is -2.20. The van der Waals surface area contributed by atoms with Gasteiger partial charge in [0.1, 0.15) is 0 Å². The van der Waals surface area contributed by atoms with Gasteiger partial charge in [-0.05, 0) is 22.0 Å². The molecule has 0 heterocycles. The zero-order valence-electron chi connectivity index (χ0n) is 12.8.